The molecule has 0 aliphatic carbocycles. The van der Waals surface area contributed by atoms with E-state index in [0.29, 0.717) is 0 Å². The third kappa shape index (κ3) is 5.63. The van der Waals surface area contributed by atoms with Crippen molar-refractivity contribution in [1.82, 2.24) is 5.32 Å². The lowest BCUT2D eigenvalue weighted by atomic mass is 10.2. The number of hydrogen-bond donors (Lipinski definition) is 1. The molecule has 3 nitrogen and oxygen atoms in total. The fourth-order valence-corrected chi connectivity index (χ4v) is 2.57. The molecule has 0 fully saturated rings. The number of rotatable bonds is 9. The summed E-state index contributed by atoms with van der Waals surface area (Å²) >= 11 is 0. The molecule has 0 saturated carbocycles. The molecule has 2 unspecified atom stereocenters. The van der Waals surface area contributed by atoms with Gasteiger partial charge in [-0.15, -0.1) is 0 Å². The standard InChI is InChI=1S/C16H28N2OS/c1-5-18(6-2)16-9-7-15(8-10-16)13-17-12-11-14(3)20(4)19/h7-10,14,17H,5-6,11-13H2,1-4H3. The highest BCUT2D eigenvalue weighted by Crippen LogP contribution is 2.14. The smallest absolute Gasteiger partial charge is 0.0366 e. The quantitative estimate of drug-likeness (QED) is 0.711. The number of benzene rings is 1. The summed E-state index contributed by atoms with van der Waals surface area (Å²) in [5.41, 5.74) is 2.58. The molecule has 0 aromatic heterocycles. The second-order valence-electron chi connectivity index (χ2n) is 5.11. The lowest BCUT2D eigenvalue weighted by Gasteiger charge is -2.21. The van der Waals surface area contributed by atoms with Crippen molar-refractivity contribution < 1.29 is 4.21 Å². The van der Waals surface area contributed by atoms with Crippen molar-refractivity contribution in [1.29, 1.82) is 0 Å². The third-order valence-electron chi connectivity index (χ3n) is 3.69. The molecule has 0 aliphatic rings. The summed E-state index contributed by atoms with van der Waals surface area (Å²) in [5, 5.41) is 3.69. The molecular formula is C16H28N2OS. The minimum atomic E-state index is -0.714. The number of anilines is 1. The van der Waals surface area contributed by atoms with Crippen LogP contribution in [0.2, 0.25) is 0 Å². The third-order valence-corrected chi connectivity index (χ3v) is 5.06. The van der Waals surface area contributed by atoms with Crippen molar-refractivity contribution in [3.05, 3.63) is 29.8 Å². The summed E-state index contributed by atoms with van der Waals surface area (Å²) in [5.74, 6) is 0. The second-order valence-corrected chi connectivity index (χ2v) is 6.92. The van der Waals surface area contributed by atoms with Crippen LogP contribution in [0.25, 0.3) is 0 Å². The van der Waals surface area contributed by atoms with Gasteiger partial charge in [0.25, 0.3) is 0 Å². The Balaban J connectivity index is 2.37. The Hall–Kier alpha value is -0.870. The molecule has 2 atom stereocenters. The Morgan fingerprint density at radius 1 is 1.20 bits per heavy atom. The molecule has 1 aromatic carbocycles. The van der Waals surface area contributed by atoms with E-state index in [0.717, 1.165) is 32.6 Å². The van der Waals surface area contributed by atoms with Gasteiger partial charge >= 0.3 is 0 Å². The van der Waals surface area contributed by atoms with Crippen LogP contribution in [0, 0.1) is 0 Å². The molecule has 1 aromatic rings. The molecule has 0 saturated heterocycles. The van der Waals surface area contributed by atoms with Gasteiger partial charge in [0.05, 0.1) is 0 Å². The molecule has 1 N–H and O–H groups in total. The van der Waals surface area contributed by atoms with Crippen molar-refractivity contribution in [2.75, 3.05) is 30.8 Å². The Morgan fingerprint density at radius 2 is 1.80 bits per heavy atom. The largest absolute Gasteiger partial charge is 0.372 e. The van der Waals surface area contributed by atoms with E-state index in [1.807, 2.05) is 6.92 Å². The first-order valence-corrected chi connectivity index (χ1v) is 9.07. The molecule has 0 bridgehead atoms. The zero-order valence-electron chi connectivity index (χ0n) is 13.2. The van der Waals surface area contributed by atoms with Crippen molar-refractivity contribution in [3.8, 4) is 0 Å². The Bertz CT molecular complexity index is 401. The second kappa shape index (κ2) is 9.14. The van der Waals surface area contributed by atoms with Gasteiger partial charge in [-0.3, -0.25) is 4.21 Å². The first-order valence-electron chi connectivity index (χ1n) is 7.45. The summed E-state index contributed by atoms with van der Waals surface area (Å²) < 4.78 is 11.2. The van der Waals surface area contributed by atoms with Gasteiger partial charge in [-0.25, -0.2) is 0 Å². The van der Waals surface area contributed by atoms with Gasteiger partial charge in [-0.1, -0.05) is 19.1 Å². The number of nitrogens with one attached hydrogen (secondary N) is 1. The average Bonchev–Trinajstić information content (AvgIpc) is 2.46. The van der Waals surface area contributed by atoms with Crippen LogP contribution in [-0.2, 0) is 17.3 Å². The zero-order valence-corrected chi connectivity index (χ0v) is 14.0. The van der Waals surface area contributed by atoms with Crippen LogP contribution in [0.5, 0.6) is 0 Å². The molecule has 0 spiro atoms. The van der Waals surface area contributed by atoms with Gasteiger partial charge in [0, 0.05) is 47.6 Å². The van der Waals surface area contributed by atoms with Crippen LogP contribution in [0.1, 0.15) is 32.8 Å². The van der Waals surface area contributed by atoms with Gasteiger partial charge in [0.2, 0.25) is 0 Å². The Labute approximate surface area is 126 Å². The van der Waals surface area contributed by atoms with Crippen LogP contribution in [0.4, 0.5) is 5.69 Å². The van der Waals surface area contributed by atoms with E-state index >= 15 is 0 Å². The van der Waals surface area contributed by atoms with Gasteiger partial charge in [-0.05, 0) is 44.5 Å². The number of hydrogen-bond acceptors (Lipinski definition) is 3. The lowest BCUT2D eigenvalue weighted by molar-refractivity contribution is 0.629. The molecule has 20 heavy (non-hydrogen) atoms. The van der Waals surface area contributed by atoms with Crippen LogP contribution < -0.4 is 10.2 Å². The predicted octanol–water partition coefficient (Wildman–Crippen LogP) is 2.78. The van der Waals surface area contributed by atoms with Crippen LogP contribution >= 0.6 is 0 Å². The highest BCUT2D eigenvalue weighted by atomic mass is 32.2. The SMILES string of the molecule is CCN(CC)c1ccc(CNCCC(C)S(C)=O)cc1. The maximum absolute atomic E-state index is 11.2. The van der Waals surface area contributed by atoms with E-state index in [9.17, 15) is 4.21 Å². The zero-order chi connectivity index (χ0) is 15.0. The first-order chi connectivity index (χ1) is 9.58. The summed E-state index contributed by atoms with van der Waals surface area (Å²) in [4.78, 5) is 2.34. The van der Waals surface area contributed by atoms with Crippen LogP contribution in [0.3, 0.4) is 0 Å². The molecule has 0 radical (unpaired) electrons. The minimum absolute atomic E-state index is 0.271. The van der Waals surface area contributed by atoms with Crippen LogP contribution in [-0.4, -0.2) is 35.3 Å². The fourth-order valence-electron chi connectivity index (χ4n) is 2.12. The maximum Gasteiger partial charge on any atom is 0.0366 e. The van der Waals surface area contributed by atoms with Gasteiger partial charge < -0.3 is 10.2 Å². The average molecular weight is 296 g/mol. The van der Waals surface area contributed by atoms with Crippen molar-refractivity contribution >= 4 is 16.5 Å². The molecule has 1 rings (SSSR count). The molecule has 0 heterocycles. The summed E-state index contributed by atoms with van der Waals surface area (Å²) in [7, 11) is -0.714. The van der Waals surface area contributed by atoms with E-state index in [1.165, 1.54) is 11.3 Å². The summed E-state index contributed by atoms with van der Waals surface area (Å²) in [6.07, 6.45) is 2.73. The fraction of sp³-hybridized carbons (Fsp3) is 0.625. The molecular weight excluding hydrogens is 268 g/mol. The number of nitrogens with zero attached hydrogens (tertiary/aromatic N) is 1. The topological polar surface area (TPSA) is 32.3 Å². The molecule has 0 amide bonds. The van der Waals surface area contributed by atoms with Gasteiger partial charge in [-0.2, -0.15) is 0 Å². The van der Waals surface area contributed by atoms with E-state index in [2.05, 4.69) is 48.3 Å². The Morgan fingerprint density at radius 3 is 2.30 bits per heavy atom. The van der Waals surface area contributed by atoms with Crippen molar-refractivity contribution in [2.24, 2.45) is 0 Å². The molecule has 4 heteroatoms. The monoisotopic (exact) mass is 296 g/mol. The van der Waals surface area contributed by atoms with Gasteiger partial charge in [0.1, 0.15) is 0 Å². The predicted molar refractivity (Wildman–Crippen MR) is 89.9 cm³/mol. The summed E-state index contributed by atoms with van der Waals surface area (Å²) in [6, 6.07) is 8.74. The van der Waals surface area contributed by atoms with E-state index in [-0.39, 0.29) is 5.25 Å². The van der Waals surface area contributed by atoms with E-state index in [1.54, 1.807) is 6.26 Å². The van der Waals surface area contributed by atoms with Crippen molar-refractivity contribution in [2.45, 2.75) is 39.0 Å². The maximum atomic E-state index is 11.2. The molecule has 0 aliphatic heterocycles. The first kappa shape index (κ1) is 17.2. The highest BCUT2D eigenvalue weighted by Gasteiger charge is 2.05. The Kier molecular flexibility index (Phi) is 7.85. The lowest BCUT2D eigenvalue weighted by Crippen LogP contribution is -2.22. The summed E-state index contributed by atoms with van der Waals surface area (Å²) in [6.45, 7) is 10.3. The van der Waals surface area contributed by atoms with Crippen molar-refractivity contribution in [3.63, 3.8) is 0 Å². The van der Waals surface area contributed by atoms with E-state index < -0.39 is 10.8 Å². The van der Waals surface area contributed by atoms with Crippen LogP contribution in [0.15, 0.2) is 24.3 Å². The van der Waals surface area contributed by atoms with E-state index in [4.69, 9.17) is 0 Å². The van der Waals surface area contributed by atoms with Gasteiger partial charge in [0.15, 0.2) is 0 Å². The highest BCUT2D eigenvalue weighted by molar-refractivity contribution is 7.84. The normalized spacial score (nSPS) is 14.0. The minimum Gasteiger partial charge on any atom is -0.372 e. The molecule has 114 valence electrons.